The highest BCUT2D eigenvalue weighted by atomic mass is 127. The van der Waals surface area contributed by atoms with E-state index in [1.165, 1.54) is 13.8 Å². The molecule has 0 aromatic carbocycles. The van der Waals surface area contributed by atoms with E-state index in [9.17, 15) is 28.8 Å². The summed E-state index contributed by atoms with van der Waals surface area (Å²) >= 11 is 1.61. The zero-order chi connectivity index (χ0) is 23.6. The third kappa shape index (κ3) is 19.8. The lowest BCUT2D eigenvalue weighted by atomic mass is 10.2. The van der Waals surface area contributed by atoms with E-state index in [-0.39, 0.29) is 73.7 Å². The first kappa shape index (κ1) is 29.1. The fourth-order valence-electron chi connectivity index (χ4n) is 2.17. The van der Waals surface area contributed by atoms with Crippen LogP contribution in [-0.4, -0.2) is 77.6 Å². The topological polar surface area (TPSA) is 133 Å². The molecule has 0 fully saturated rings. The van der Waals surface area contributed by atoms with Gasteiger partial charge in [0.1, 0.15) is 31.4 Å². The van der Waals surface area contributed by atoms with E-state index in [1.54, 1.807) is 27.5 Å². The van der Waals surface area contributed by atoms with Gasteiger partial charge in [0, 0.05) is 38.9 Å². The summed E-state index contributed by atoms with van der Waals surface area (Å²) < 4.78 is 15.1. The van der Waals surface area contributed by atoms with Gasteiger partial charge >= 0.3 is 17.9 Å². The molecular formula is C20H30INO9. The number of Topliss-reactive ketones (excluding diaryl/α,β-unsaturated/α-hetero) is 2. The van der Waals surface area contributed by atoms with Crippen molar-refractivity contribution >= 4 is 55.9 Å². The first-order chi connectivity index (χ1) is 14.6. The van der Waals surface area contributed by atoms with Gasteiger partial charge in [-0.1, -0.05) is 0 Å². The van der Waals surface area contributed by atoms with Crippen molar-refractivity contribution in [2.75, 3.05) is 39.5 Å². The zero-order valence-corrected chi connectivity index (χ0v) is 20.1. The van der Waals surface area contributed by atoms with Gasteiger partial charge in [-0.3, -0.25) is 24.1 Å². The summed E-state index contributed by atoms with van der Waals surface area (Å²) in [4.78, 5) is 69.3. The summed E-state index contributed by atoms with van der Waals surface area (Å²) in [7, 11) is 0. The average Bonchev–Trinajstić information content (AvgIpc) is 2.68. The van der Waals surface area contributed by atoms with Crippen molar-refractivity contribution in [3.05, 3.63) is 0 Å². The minimum atomic E-state index is -0.490. The fraction of sp³-hybridized carbons (Fsp3) is 0.700. The Hall–Kier alpha value is -1.89. The van der Waals surface area contributed by atoms with Crippen LogP contribution in [0.5, 0.6) is 0 Å². The Morgan fingerprint density at radius 1 is 0.581 bits per heavy atom. The SMILES string of the molecule is CC(=O)CCC(=O)OCCN(CCOC(=O)CCC(C)=O)CCOC(=O)CCC(=O)I. The van der Waals surface area contributed by atoms with Crippen molar-refractivity contribution in [3.63, 3.8) is 0 Å². The highest BCUT2D eigenvalue weighted by molar-refractivity contribution is 14.1. The van der Waals surface area contributed by atoms with E-state index in [0.717, 1.165) is 0 Å². The Kier molecular flexibility index (Phi) is 16.7. The maximum Gasteiger partial charge on any atom is 0.306 e. The molecule has 0 spiro atoms. The van der Waals surface area contributed by atoms with E-state index in [1.807, 2.05) is 0 Å². The fourth-order valence-corrected chi connectivity index (χ4v) is 2.44. The van der Waals surface area contributed by atoms with Crippen LogP contribution in [0, 0.1) is 0 Å². The minimum absolute atomic E-state index is 0.00327. The predicted octanol–water partition coefficient (Wildman–Crippen LogP) is 1.40. The molecule has 0 radical (unpaired) electrons. The summed E-state index contributed by atoms with van der Waals surface area (Å²) in [5, 5.41) is 0. The van der Waals surface area contributed by atoms with Crippen LogP contribution in [0.25, 0.3) is 0 Å². The second kappa shape index (κ2) is 17.8. The first-order valence-electron chi connectivity index (χ1n) is 9.96. The minimum Gasteiger partial charge on any atom is -0.464 e. The van der Waals surface area contributed by atoms with Crippen molar-refractivity contribution in [3.8, 4) is 0 Å². The number of nitrogens with zero attached hydrogens (tertiary/aromatic N) is 1. The van der Waals surface area contributed by atoms with E-state index < -0.39 is 17.9 Å². The standard InChI is InChI=1S/C20H30INO9/c1-15(23)3-6-18(26)29-12-9-22(10-13-30-19(27)7-4-16(2)24)11-14-31-20(28)8-5-17(21)25/h3-14H2,1-2H3. The van der Waals surface area contributed by atoms with Crippen molar-refractivity contribution in [2.45, 2.75) is 52.4 Å². The Morgan fingerprint density at radius 3 is 1.19 bits per heavy atom. The summed E-state index contributed by atoms with van der Waals surface area (Å²) in [5.41, 5.74) is 0. The number of ether oxygens (including phenoxy) is 3. The van der Waals surface area contributed by atoms with Gasteiger partial charge in [-0.2, -0.15) is 0 Å². The smallest absolute Gasteiger partial charge is 0.306 e. The summed E-state index contributed by atoms with van der Waals surface area (Å²) in [5.74, 6) is -1.66. The molecule has 0 aliphatic carbocycles. The van der Waals surface area contributed by atoms with Crippen LogP contribution in [0.2, 0.25) is 0 Å². The second-order valence-electron chi connectivity index (χ2n) is 6.76. The number of carbonyl (C=O) groups excluding carboxylic acids is 6. The van der Waals surface area contributed by atoms with Crippen LogP contribution in [-0.2, 0) is 43.0 Å². The predicted molar refractivity (Wildman–Crippen MR) is 117 cm³/mol. The van der Waals surface area contributed by atoms with E-state index in [4.69, 9.17) is 14.2 Å². The molecule has 176 valence electrons. The molecule has 0 aromatic heterocycles. The number of hydrogen-bond acceptors (Lipinski definition) is 10. The first-order valence-corrected chi connectivity index (χ1v) is 11.0. The molecule has 0 aromatic rings. The molecule has 0 heterocycles. The molecule has 10 nitrogen and oxygen atoms in total. The van der Waals surface area contributed by atoms with Gasteiger partial charge < -0.3 is 23.8 Å². The summed E-state index contributed by atoms with van der Waals surface area (Å²) in [6.07, 6.45) is 0.369. The third-order valence-corrected chi connectivity index (χ3v) is 4.44. The molecule has 31 heavy (non-hydrogen) atoms. The lowest BCUT2D eigenvalue weighted by molar-refractivity contribution is -0.146. The zero-order valence-electron chi connectivity index (χ0n) is 18.0. The summed E-state index contributed by atoms with van der Waals surface area (Å²) in [6, 6.07) is 0. The van der Waals surface area contributed by atoms with Gasteiger partial charge in [-0.05, 0) is 36.4 Å². The Labute approximate surface area is 195 Å². The number of esters is 3. The number of ketones is 2. The normalized spacial score (nSPS) is 10.5. The molecule has 11 heteroatoms. The van der Waals surface area contributed by atoms with Gasteiger partial charge in [0.2, 0.25) is 0 Å². The van der Waals surface area contributed by atoms with Gasteiger partial charge in [0.05, 0.1) is 19.3 Å². The lowest BCUT2D eigenvalue weighted by Gasteiger charge is -2.22. The molecule has 0 amide bonds. The van der Waals surface area contributed by atoms with Gasteiger partial charge in [-0.25, -0.2) is 0 Å². The average molecular weight is 555 g/mol. The molecule has 0 atom stereocenters. The van der Waals surface area contributed by atoms with E-state index >= 15 is 0 Å². The highest BCUT2D eigenvalue weighted by Gasteiger charge is 2.12. The van der Waals surface area contributed by atoms with Crippen LogP contribution in [0.4, 0.5) is 0 Å². The van der Waals surface area contributed by atoms with Crippen molar-refractivity contribution in [1.82, 2.24) is 4.90 Å². The number of halogens is 1. The summed E-state index contributed by atoms with van der Waals surface area (Å²) in [6.45, 7) is 3.89. The Morgan fingerprint density at radius 2 is 0.903 bits per heavy atom. The van der Waals surface area contributed by atoms with E-state index in [2.05, 4.69) is 0 Å². The number of carbonyl (C=O) groups is 6. The molecule has 0 aliphatic rings. The molecule has 0 saturated heterocycles. The lowest BCUT2D eigenvalue weighted by Crippen LogP contribution is -2.35. The maximum atomic E-state index is 11.6. The molecule has 0 unspecified atom stereocenters. The maximum absolute atomic E-state index is 11.6. The third-order valence-electron chi connectivity index (χ3n) is 3.90. The number of rotatable bonds is 18. The molecule has 0 bridgehead atoms. The van der Waals surface area contributed by atoms with Crippen LogP contribution in [0.15, 0.2) is 0 Å². The van der Waals surface area contributed by atoms with Crippen molar-refractivity contribution in [1.29, 1.82) is 0 Å². The van der Waals surface area contributed by atoms with E-state index in [0.29, 0.717) is 19.6 Å². The van der Waals surface area contributed by atoms with Crippen LogP contribution >= 0.6 is 22.6 Å². The molecule has 0 aliphatic heterocycles. The highest BCUT2D eigenvalue weighted by Crippen LogP contribution is 2.01. The van der Waals surface area contributed by atoms with Crippen molar-refractivity contribution in [2.24, 2.45) is 0 Å². The largest absolute Gasteiger partial charge is 0.464 e. The monoisotopic (exact) mass is 555 g/mol. The molecule has 0 N–H and O–H groups in total. The van der Waals surface area contributed by atoms with Gasteiger partial charge in [0.15, 0.2) is 3.79 Å². The molecule has 0 rings (SSSR count). The molecule has 0 saturated carbocycles. The van der Waals surface area contributed by atoms with Crippen LogP contribution in [0.3, 0.4) is 0 Å². The van der Waals surface area contributed by atoms with Crippen LogP contribution in [0.1, 0.15) is 52.4 Å². The van der Waals surface area contributed by atoms with Gasteiger partial charge in [-0.15, -0.1) is 0 Å². The Balaban J connectivity index is 4.39. The molecular weight excluding hydrogens is 525 g/mol. The second-order valence-corrected chi connectivity index (χ2v) is 7.97. The Bertz CT molecular complexity index is 551. The van der Waals surface area contributed by atoms with Crippen molar-refractivity contribution < 1.29 is 43.0 Å². The quantitative estimate of drug-likeness (QED) is 0.106. The number of hydrogen-bond donors (Lipinski definition) is 0. The van der Waals surface area contributed by atoms with Crippen LogP contribution < -0.4 is 0 Å². The van der Waals surface area contributed by atoms with Gasteiger partial charge in [0.25, 0.3) is 0 Å².